The van der Waals surface area contributed by atoms with Crippen molar-refractivity contribution in [3.8, 4) is 11.4 Å². The van der Waals surface area contributed by atoms with Crippen LogP contribution in [-0.4, -0.2) is 32.3 Å². The van der Waals surface area contributed by atoms with Crippen molar-refractivity contribution in [1.82, 2.24) is 14.1 Å². The van der Waals surface area contributed by atoms with Crippen molar-refractivity contribution in [2.45, 2.75) is 44.8 Å². The van der Waals surface area contributed by atoms with E-state index in [-0.39, 0.29) is 5.78 Å². The van der Waals surface area contributed by atoms with Crippen molar-refractivity contribution in [3.63, 3.8) is 0 Å². The smallest absolute Gasteiger partial charge is 0.175 e. The molecule has 1 saturated carbocycles. The molecule has 0 aliphatic heterocycles. The van der Waals surface area contributed by atoms with Gasteiger partial charge in [0.1, 0.15) is 5.75 Å². The lowest BCUT2D eigenvalue weighted by Gasteiger charge is -2.10. The van der Waals surface area contributed by atoms with Gasteiger partial charge >= 0.3 is 0 Å². The zero-order valence-corrected chi connectivity index (χ0v) is 19.5. The second-order valence-corrected chi connectivity index (χ2v) is 9.19. The highest BCUT2D eigenvalue weighted by molar-refractivity contribution is 7.99. The van der Waals surface area contributed by atoms with Gasteiger partial charge in [-0.15, -0.1) is 0 Å². The molecule has 2 heterocycles. The van der Waals surface area contributed by atoms with Crippen LogP contribution in [-0.2, 0) is 0 Å². The molecule has 0 bridgehead atoms. The monoisotopic (exact) mass is 445 g/mol. The van der Waals surface area contributed by atoms with E-state index in [0.717, 1.165) is 38.9 Å². The molecule has 2 aromatic carbocycles. The standard InChI is InChI=1S/C26H27N3O2S/c1-4-31-21-13-11-20(12-14-21)29-24-8-6-5-7-23(24)27-26(29)32-16-25(30)22-15-17(2)28(18(22)3)19-9-10-19/h5-8,11-15,19H,4,9-10,16H2,1-3H3. The molecule has 2 aromatic heterocycles. The fourth-order valence-corrected chi connectivity index (χ4v) is 5.28. The summed E-state index contributed by atoms with van der Waals surface area (Å²) < 4.78 is 10.0. The highest BCUT2D eigenvalue weighted by Crippen LogP contribution is 2.38. The molecule has 0 amide bonds. The first-order valence-electron chi connectivity index (χ1n) is 11.1. The van der Waals surface area contributed by atoms with Gasteiger partial charge in [0, 0.05) is 28.7 Å². The maximum Gasteiger partial charge on any atom is 0.175 e. The molecule has 32 heavy (non-hydrogen) atoms. The first kappa shape index (κ1) is 20.9. The Morgan fingerprint density at radius 1 is 1.12 bits per heavy atom. The van der Waals surface area contributed by atoms with Crippen LogP contribution >= 0.6 is 11.8 Å². The number of hydrogen-bond donors (Lipinski definition) is 0. The Labute approximate surface area is 192 Å². The molecule has 0 saturated heterocycles. The van der Waals surface area contributed by atoms with E-state index in [1.54, 1.807) is 0 Å². The average molecular weight is 446 g/mol. The van der Waals surface area contributed by atoms with Crippen LogP contribution < -0.4 is 4.74 Å². The number of para-hydroxylation sites is 2. The van der Waals surface area contributed by atoms with Crippen LogP contribution in [0.5, 0.6) is 5.75 Å². The summed E-state index contributed by atoms with van der Waals surface area (Å²) in [5.74, 6) is 1.35. The predicted molar refractivity (Wildman–Crippen MR) is 129 cm³/mol. The van der Waals surface area contributed by atoms with Gasteiger partial charge in [-0.2, -0.15) is 0 Å². The molecular formula is C26H27N3O2S. The van der Waals surface area contributed by atoms with Gasteiger partial charge in [0.05, 0.1) is 23.4 Å². The molecule has 1 aliphatic carbocycles. The van der Waals surface area contributed by atoms with Crippen LogP contribution in [0.15, 0.2) is 59.8 Å². The van der Waals surface area contributed by atoms with E-state index in [1.165, 1.54) is 30.3 Å². The first-order chi connectivity index (χ1) is 15.6. The molecule has 1 aliphatic rings. The summed E-state index contributed by atoms with van der Waals surface area (Å²) in [5, 5.41) is 0.819. The lowest BCUT2D eigenvalue weighted by atomic mass is 10.2. The van der Waals surface area contributed by atoms with Crippen molar-refractivity contribution >= 4 is 28.6 Å². The molecule has 5 nitrogen and oxygen atoms in total. The van der Waals surface area contributed by atoms with E-state index >= 15 is 0 Å². The average Bonchev–Trinajstić information content (AvgIpc) is 3.49. The Bertz CT molecular complexity index is 1280. The zero-order valence-electron chi connectivity index (χ0n) is 18.7. The number of benzene rings is 2. The molecule has 0 radical (unpaired) electrons. The van der Waals surface area contributed by atoms with Gasteiger partial charge in [0.15, 0.2) is 10.9 Å². The number of fused-ring (bicyclic) bond motifs is 1. The number of carbonyl (C=O) groups is 1. The molecule has 0 N–H and O–H groups in total. The number of aromatic nitrogens is 3. The van der Waals surface area contributed by atoms with E-state index < -0.39 is 0 Å². The number of aryl methyl sites for hydroxylation is 1. The van der Waals surface area contributed by atoms with Gasteiger partial charge in [-0.25, -0.2) is 4.98 Å². The SMILES string of the molecule is CCOc1ccc(-n2c(SCC(=O)c3cc(C)n(C4CC4)c3C)nc3ccccc32)cc1. The number of nitrogens with zero attached hydrogens (tertiary/aromatic N) is 3. The number of imidazole rings is 1. The van der Waals surface area contributed by atoms with Crippen LogP contribution in [0.2, 0.25) is 0 Å². The molecule has 6 heteroatoms. The summed E-state index contributed by atoms with van der Waals surface area (Å²) in [6.45, 7) is 6.78. The number of rotatable bonds is 8. The van der Waals surface area contributed by atoms with Crippen molar-refractivity contribution in [2.75, 3.05) is 12.4 Å². The fraction of sp³-hybridized carbons (Fsp3) is 0.308. The molecule has 0 spiro atoms. The van der Waals surface area contributed by atoms with E-state index in [4.69, 9.17) is 9.72 Å². The summed E-state index contributed by atoms with van der Waals surface area (Å²) in [6.07, 6.45) is 2.43. The summed E-state index contributed by atoms with van der Waals surface area (Å²) in [5.41, 5.74) is 6.06. The number of thioether (sulfide) groups is 1. The lowest BCUT2D eigenvalue weighted by molar-refractivity contribution is 0.102. The summed E-state index contributed by atoms with van der Waals surface area (Å²) >= 11 is 1.49. The fourth-order valence-electron chi connectivity index (χ4n) is 4.37. The minimum Gasteiger partial charge on any atom is -0.494 e. The van der Waals surface area contributed by atoms with Gasteiger partial charge in [-0.1, -0.05) is 23.9 Å². The van der Waals surface area contributed by atoms with Gasteiger partial charge in [0.2, 0.25) is 0 Å². The molecule has 0 unspecified atom stereocenters. The van der Waals surface area contributed by atoms with E-state index in [1.807, 2.05) is 55.5 Å². The highest BCUT2D eigenvalue weighted by Gasteiger charge is 2.28. The maximum atomic E-state index is 13.1. The van der Waals surface area contributed by atoms with Gasteiger partial charge in [0.25, 0.3) is 0 Å². The third-order valence-electron chi connectivity index (χ3n) is 5.97. The predicted octanol–water partition coefficient (Wildman–Crippen LogP) is 6.15. The number of ether oxygens (including phenoxy) is 1. The van der Waals surface area contributed by atoms with Crippen LogP contribution in [0.25, 0.3) is 16.7 Å². The third kappa shape index (κ3) is 3.84. The largest absolute Gasteiger partial charge is 0.494 e. The molecule has 5 rings (SSSR count). The maximum absolute atomic E-state index is 13.1. The highest BCUT2D eigenvalue weighted by atomic mass is 32.2. The Balaban J connectivity index is 1.44. The van der Waals surface area contributed by atoms with E-state index in [9.17, 15) is 4.79 Å². The molecule has 164 valence electrons. The van der Waals surface area contributed by atoms with Gasteiger partial charge < -0.3 is 9.30 Å². The van der Waals surface area contributed by atoms with Crippen LogP contribution in [0, 0.1) is 13.8 Å². The topological polar surface area (TPSA) is 49.0 Å². The summed E-state index contributed by atoms with van der Waals surface area (Å²) in [4.78, 5) is 18.0. The van der Waals surface area contributed by atoms with Crippen molar-refractivity contribution < 1.29 is 9.53 Å². The Hall–Kier alpha value is -2.99. The van der Waals surface area contributed by atoms with E-state index in [0.29, 0.717) is 18.4 Å². The number of hydrogen-bond acceptors (Lipinski definition) is 4. The Morgan fingerprint density at radius 2 is 1.88 bits per heavy atom. The van der Waals surface area contributed by atoms with Crippen LogP contribution in [0.3, 0.4) is 0 Å². The molecule has 1 fully saturated rings. The van der Waals surface area contributed by atoms with Crippen molar-refractivity contribution in [1.29, 1.82) is 0 Å². The molecule has 4 aromatic rings. The lowest BCUT2D eigenvalue weighted by Crippen LogP contribution is -2.07. The van der Waals surface area contributed by atoms with Gasteiger partial charge in [-0.05, 0) is 76.1 Å². The minimum atomic E-state index is 0.153. The normalized spacial score (nSPS) is 13.6. The Morgan fingerprint density at radius 3 is 2.59 bits per heavy atom. The van der Waals surface area contributed by atoms with Crippen molar-refractivity contribution in [3.05, 3.63) is 71.5 Å². The minimum absolute atomic E-state index is 0.153. The molecule has 0 atom stereocenters. The quantitative estimate of drug-likeness (QED) is 0.241. The second-order valence-electron chi connectivity index (χ2n) is 8.24. The molecular weight excluding hydrogens is 418 g/mol. The zero-order chi connectivity index (χ0) is 22.2. The second kappa shape index (κ2) is 8.51. The third-order valence-corrected chi connectivity index (χ3v) is 6.90. The van der Waals surface area contributed by atoms with Crippen LogP contribution in [0.4, 0.5) is 0 Å². The van der Waals surface area contributed by atoms with E-state index in [2.05, 4.69) is 29.0 Å². The summed E-state index contributed by atoms with van der Waals surface area (Å²) in [7, 11) is 0. The first-order valence-corrected chi connectivity index (χ1v) is 12.1. The number of carbonyl (C=O) groups excluding carboxylic acids is 1. The number of ketones is 1. The van der Waals surface area contributed by atoms with Crippen LogP contribution in [0.1, 0.15) is 47.6 Å². The number of Topliss-reactive ketones (excluding diaryl/α,β-unsaturated/α-hetero) is 1. The summed E-state index contributed by atoms with van der Waals surface area (Å²) in [6, 6.07) is 18.7. The Kier molecular flexibility index (Phi) is 5.55. The van der Waals surface area contributed by atoms with Crippen molar-refractivity contribution in [2.24, 2.45) is 0 Å². The van der Waals surface area contributed by atoms with Gasteiger partial charge in [-0.3, -0.25) is 9.36 Å².